The van der Waals surface area contributed by atoms with Crippen molar-refractivity contribution in [2.45, 2.75) is 157 Å². The molecule has 9 unspecified atom stereocenters. The lowest BCUT2D eigenvalue weighted by atomic mass is 9.57. The van der Waals surface area contributed by atoms with Crippen LogP contribution in [-0.2, 0) is 23.7 Å². The molecule has 0 radical (unpaired) electrons. The Kier molecular flexibility index (Phi) is 14.9. The van der Waals surface area contributed by atoms with Crippen molar-refractivity contribution < 1.29 is 54.4 Å². The third-order valence-electron chi connectivity index (χ3n) is 14.5. The van der Waals surface area contributed by atoms with Gasteiger partial charge in [0.2, 0.25) is 0 Å². The summed E-state index contributed by atoms with van der Waals surface area (Å²) in [4.78, 5) is 12.9. The minimum absolute atomic E-state index is 0.0242. The molecule has 0 aromatic carbocycles. The Morgan fingerprint density at radius 2 is 1.70 bits per heavy atom. The smallest absolute Gasteiger partial charge is 0.311 e. The number of methoxy groups -OCH3 is 1. The van der Waals surface area contributed by atoms with Gasteiger partial charge in [-0.15, -0.1) is 0 Å². The molecular formula is C40H69N3O11. The number of carboxylic acid groups (broad SMARTS) is 1. The van der Waals surface area contributed by atoms with Gasteiger partial charge in [-0.2, -0.15) is 0 Å². The van der Waals surface area contributed by atoms with E-state index in [1.807, 2.05) is 6.08 Å². The maximum absolute atomic E-state index is 12.9. The molecule has 3 saturated heterocycles. The minimum Gasteiger partial charge on any atom is -0.481 e. The van der Waals surface area contributed by atoms with E-state index in [9.17, 15) is 35.4 Å². The topological polar surface area (TPSA) is 225 Å². The molecule has 5 fully saturated rings. The highest BCUT2D eigenvalue weighted by Crippen LogP contribution is 2.56. The maximum atomic E-state index is 12.9. The molecule has 54 heavy (non-hydrogen) atoms. The van der Waals surface area contributed by atoms with E-state index in [4.69, 9.17) is 24.7 Å². The number of nitrogens with one attached hydrogen (secondary N) is 2. The zero-order valence-electron chi connectivity index (χ0n) is 32.3. The summed E-state index contributed by atoms with van der Waals surface area (Å²) in [6.45, 7) is 2.64. The fourth-order valence-electron chi connectivity index (χ4n) is 11.7. The first-order valence-electron chi connectivity index (χ1n) is 20.8. The first-order valence-corrected chi connectivity index (χ1v) is 20.8. The van der Waals surface area contributed by atoms with Gasteiger partial charge in [-0.1, -0.05) is 12.2 Å². The Hall–Kier alpha value is -1.27. The number of hydrogen-bond acceptors (Lipinski definition) is 13. The number of aliphatic hydroxyl groups excluding tert-OH is 5. The second-order valence-corrected chi connectivity index (χ2v) is 17.6. The lowest BCUT2D eigenvalue weighted by molar-refractivity contribution is -0.201. The van der Waals surface area contributed by atoms with E-state index >= 15 is 0 Å². The third kappa shape index (κ3) is 9.21. The SMILES string of the molecule is COC1CC([C@@H]2O[C@@H](CCC3CCC(O)C(OCO)C3)C[C@H](O)[C@@H]2CCO)CC(OC[C@H]2N[C@@H](C)CC[C@@]23[C@@H](C(=O)O)C=C[C@@H]3C2CCNC(N)C2)C1O. The highest BCUT2D eigenvalue weighted by molar-refractivity contribution is 5.74. The van der Waals surface area contributed by atoms with Crippen molar-refractivity contribution in [1.82, 2.24) is 10.6 Å². The highest BCUT2D eigenvalue weighted by atomic mass is 16.6. The molecule has 6 rings (SSSR count). The van der Waals surface area contributed by atoms with Crippen LogP contribution in [-0.4, -0.2) is 137 Å². The van der Waals surface area contributed by atoms with E-state index in [1.165, 1.54) is 0 Å². The number of carboxylic acids is 1. The van der Waals surface area contributed by atoms with Crippen LogP contribution in [0.25, 0.3) is 0 Å². The van der Waals surface area contributed by atoms with E-state index in [0.717, 1.165) is 51.5 Å². The molecule has 14 heteroatoms. The lowest BCUT2D eigenvalue weighted by Crippen LogP contribution is -2.63. The van der Waals surface area contributed by atoms with Crippen LogP contribution < -0.4 is 16.4 Å². The fraction of sp³-hybridized carbons (Fsp3) is 0.925. The van der Waals surface area contributed by atoms with Crippen molar-refractivity contribution in [3.8, 4) is 0 Å². The summed E-state index contributed by atoms with van der Waals surface area (Å²) in [7, 11) is 1.59. The average Bonchev–Trinajstić information content (AvgIpc) is 3.54. The van der Waals surface area contributed by atoms with Gasteiger partial charge in [0, 0.05) is 37.1 Å². The number of ether oxygens (including phenoxy) is 4. The maximum Gasteiger partial charge on any atom is 0.311 e. The Balaban J connectivity index is 1.17. The number of aliphatic hydroxyl groups is 5. The van der Waals surface area contributed by atoms with E-state index in [-0.39, 0.29) is 73.4 Å². The normalized spacial score (nSPS) is 47.2. The second kappa shape index (κ2) is 19.0. The molecule has 310 valence electrons. The standard InChI is InChI=1S/C40H69N3O11/c1-22-9-12-40(28(6-7-29(40)39(49)50)24-10-13-42-36(41)18-24)35(43-22)20-52-34-17-25(16-33(51-2)37(34)48)38-27(11-14-44)31(47)19-26(54-38)5-3-23-4-8-30(46)32(15-23)53-21-45/h6-7,22-38,42-48H,3-5,8-21,41H2,1-2H3,(H,49,50)/t22-,23?,24?,25?,26-,27-,28+,29+,30?,31-,32?,33?,34?,35+,36?,37?,38-,40+/m0/s1. The van der Waals surface area contributed by atoms with Crippen molar-refractivity contribution >= 4 is 5.97 Å². The molecule has 0 aromatic heterocycles. The molecule has 2 saturated carbocycles. The molecule has 3 aliphatic heterocycles. The largest absolute Gasteiger partial charge is 0.481 e. The van der Waals surface area contributed by atoms with E-state index in [1.54, 1.807) is 7.11 Å². The van der Waals surface area contributed by atoms with Gasteiger partial charge in [0.25, 0.3) is 0 Å². The van der Waals surface area contributed by atoms with Crippen molar-refractivity contribution in [3.05, 3.63) is 12.2 Å². The quantitative estimate of drug-likeness (QED) is 0.0897. The number of nitrogens with two attached hydrogens (primary N) is 1. The van der Waals surface area contributed by atoms with E-state index in [2.05, 4.69) is 23.6 Å². The zero-order valence-corrected chi connectivity index (χ0v) is 32.3. The molecule has 0 bridgehead atoms. The molecule has 1 spiro atoms. The Morgan fingerprint density at radius 1 is 0.907 bits per heavy atom. The highest BCUT2D eigenvalue weighted by Gasteiger charge is 2.59. The van der Waals surface area contributed by atoms with Crippen LogP contribution >= 0.6 is 0 Å². The van der Waals surface area contributed by atoms with Crippen LogP contribution in [0.15, 0.2) is 12.2 Å². The summed E-state index contributed by atoms with van der Waals surface area (Å²) in [5, 5.41) is 70.4. The van der Waals surface area contributed by atoms with Gasteiger partial charge in [0.15, 0.2) is 0 Å². The molecule has 14 nitrogen and oxygen atoms in total. The van der Waals surface area contributed by atoms with Gasteiger partial charge in [-0.3, -0.25) is 4.79 Å². The van der Waals surface area contributed by atoms with Gasteiger partial charge in [-0.25, -0.2) is 0 Å². The van der Waals surface area contributed by atoms with Gasteiger partial charge in [0.05, 0.1) is 61.4 Å². The van der Waals surface area contributed by atoms with Crippen LogP contribution in [0.4, 0.5) is 0 Å². The van der Waals surface area contributed by atoms with Gasteiger partial charge >= 0.3 is 5.97 Å². The number of allylic oxidation sites excluding steroid dienone is 1. The fourth-order valence-corrected chi connectivity index (χ4v) is 11.7. The van der Waals surface area contributed by atoms with Crippen LogP contribution in [0.3, 0.4) is 0 Å². The average molecular weight is 768 g/mol. The summed E-state index contributed by atoms with van der Waals surface area (Å²) in [6.07, 6.45) is 8.44. The summed E-state index contributed by atoms with van der Waals surface area (Å²) < 4.78 is 24.8. The first-order chi connectivity index (χ1) is 26.0. The number of hydrogen-bond donors (Lipinski definition) is 9. The molecule has 10 N–H and O–H groups in total. The zero-order chi connectivity index (χ0) is 38.6. The minimum atomic E-state index is -0.908. The Labute approximate surface area is 320 Å². The van der Waals surface area contributed by atoms with Crippen molar-refractivity contribution in [3.63, 3.8) is 0 Å². The molecular weight excluding hydrogens is 698 g/mol. The summed E-state index contributed by atoms with van der Waals surface area (Å²) in [5.74, 6) is -1.34. The number of carbonyl (C=O) groups is 1. The van der Waals surface area contributed by atoms with Crippen molar-refractivity contribution in [2.24, 2.45) is 46.7 Å². The van der Waals surface area contributed by atoms with Crippen LogP contribution in [0.2, 0.25) is 0 Å². The molecule has 0 aromatic rings. The van der Waals surface area contributed by atoms with Gasteiger partial charge < -0.3 is 66.0 Å². The van der Waals surface area contributed by atoms with Crippen LogP contribution in [0.1, 0.15) is 90.4 Å². The van der Waals surface area contributed by atoms with Crippen molar-refractivity contribution in [2.75, 3.05) is 33.7 Å². The molecule has 18 atom stereocenters. The monoisotopic (exact) mass is 767 g/mol. The summed E-state index contributed by atoms with van der Waals surface area (Å²) in [5.41, 5.74) is 5.76. The first kappa shape index (κ1) is 42.3. The molecule has 3 heterocycles. The number of piperidine rings is 2. The Morgan fingerprint density at radius 3 is 2.43 bits per heavy atom. The van der Waals surface area contributed by atoms with Gasteiger partial charge in [-0.05, 0) is 121 Å². The molecule has 0 amide bonds. The van der Waals surface area contributed by atoms with Gasteiger partial charge in [0.1, 0.15) is 12.9 Å². The predicted octanol–water partition coefficient (Wildman–Crippen LogP) is 1.25. The van der Waals surface area contributed by atoms with Crippen molar-refractivity contribution in [1.29, 1.82) is 0 Å². The van der Waals surface area contributed by atoms with E-state index in [0.29, 0.717) is 44.4 Å². The summed E-state index contributed by atoms with van der Waals surface area (Å²) >= 11 is 0. The van der Waals surface area contributed by atoms with Crippen LogP contribution in [0, 0.1) is 40.9 Å². The summed E-state index contributed by atoms with van der Waals surface area (Å²) in [6, 6.07) is -0.101. The molecule has 3 aliphatic carbocycles. The number of aliphatic carboxylic acids is 1. The third-order valence-corrected chi connectivity index (χ3v) is 14.5. The Bertz CT molecular complexity index is 1230. The predicted molar refractivity (Wildman–Crippen MR) is 199 cm³/mol. The lowest BCUT2D eigenvalue weighted by Gasteiger charge is -2.53. The second-order valence-electron chi connectivity index (χ2n) is 17.6. The number of rotatable bonds is 14. The van der Waals surface area contributed by atoms with E-state index < -0.39 is 54.6 Å². The molecule has 6 aliphatic rings. The van der Waals surface area contributed by atoms with Crippen LogP contribution in [0.5, 0.6) is 0 Å².